The average Bonchev–Trinajstić information content (AvgIpc) is 3.02. The van der Waals surface area contributed by atoms with E-state index in [4.69, 9.17) is 9.47 Å². The molecule has 6 nitrogen and oxygen atoms in total. The van der Waals surface area contributed by atoms with Gasteiger partial charge in [0, 0.05) is 6.20 Å². The number of pyridine rings is 1. The molecule has 0 aliphatic rings. The van der Waals surface area contributed by atoms with Crippen molar-refractivity contribution in [1.82, 2.24) is 14.8 Å². The number of rotatable bonds is 6. The van der Waals surface area contributed by atoms with Crippen molar-refractivity contribution >= 4 is 5.97 Å². The molecule has 0 spiro atoms. The zero-order chi connectivity index (χ0) is 17.6. The van der Waals surface area contributed by atoms with Crippen molar-refractivity contribution in [3.8, 4) is 11.6 Å². The lowest BCUT2D eigenvalue weighted by molar-refractivity contribution is 0.0447. The Kier molecular flexibility index (Phi) is 5.03. The number of ether oxygens (including phenoxy) is 2. The van der Waals surface area contributed by atoms with Crippen molar-refractivity contribution < 1.29 is 18.7 Å². The van der Waals surface area contributed by atoms with Gasteiger partial charge in [0.05, 0.1) is 11.9 Å². The fraction of sp³-hybridized carbons (Fsp3) is 0.167. The van der Waals surface area contributed by atoms with E-state index in [0.29, 0.717) is 17.1 Å². The number of nitrogens with zero attached hydrogens (tertiary/aromatic N) is 3. The molecule has 0 aliphatic heterocycles. The molecule has 3 rings (SSSR count). The second kappa shape index (κ2) is 7.57. The van der Waals surface area contributed by atoms with E-state index in [0.717, 1.165) is 0 Å². The SMILES string of the molecule is Cc1c(C(=O)OCCOc2ccccc2F)cnn1-c1ccccn1. The highest BCUT2D eigenvalue weighted by molar-refractivity contribution is 5.90. The topological polar surface area (TPSA) is 66.2 Å². The molecule has 128 valence electrons. The van der Waals surface area contributed by atoms with Crippen molar-refractivity contribution in [1.29, 1.82) is 0 Å². The van der Waals surface area contributed by atoms with Gasteiger partial charge in [-0.1, -0.05) is 18.2 Å². The van der Waals surface area contributed by atoms with Crippen LogP contribution in [0.15, 0.2) is 54.9 Å². The summed E-state index contributed by atoms with van der Waals surface area (Å²) in [5.74, 6) is -0.238. The number of hydrogen-bond donors (Lipinski definition) is 0. The molecule has 1 aromatic carbocycles. The van der Waals surface area contributed by atoms with Crippen LogP contribution in [0.5, 0.6) is 5.75 Å². The first-order valence-corrected chi connectivity index (χ1v) is 7.67. The van der Waals surface area contributed by atoms with Crippen molar-refractivity contribution in [2.24, 2.45) is 0 Å². The number of para-hydroxylation sites is 1. The molecule has 0 amide bonds. The largest absolute Gasteiger partial charge is 0.487 e. The first kappa shape index (κ1) is 16.6. The predicted octanol–water partition coefficient (Wildman–Crippen LogP) is 2.95. The number of benzene rings is 1. The maximum atomic E-state index is 13.4. The summed E-state index contributed by atoms with van der Waals surface area (Å²) in [5.41, 5.74) is 0.968. The van der Waals surface area contributed by atoms with Crippen LogP contribution in [0.3, 0.4) is 0 Å². The monoisotopic (exact) mass is 341 g/mol. The highest BCUT2D eigenvalue weighted by atomic mass is 19.1. The molecule has 0 atom stereocenters. The Labute approximate surface area is 143 Å². The van der Waals surface area contributed by atoms with Gasteiger partial charge in [-0.3, -0.25) is 0 Å². The average molecular weight is 341 g/mol. The summed E-state index contributed by atoms with van der Waals surface area (Å²) in [4.78, 5) is 16.4. The minimum Gasteiger partial charge on any atom is -0.487 e. The summed E-state index contributed by atoms with van der Waals surface area (Å²) in [6, 6.07) is 11.5. The Balaban J connectivity index is 1.57. The Hall–Kier alpha value is -3.22. The molecule has 3 aromatic rings. The van der Waals surface area contributed by atoms with Gasteiger partial charge in [-0.25, -0.2) is 18.9 Å². The molecular formula is C18H16FN3O3. The van der Waals surface area contributed by atoms with Crippen LogP contribution in [-0.2, 0) is 4.74 Å². The second-order valence-electron chi connectivity index (χ2n) is 5.16. The number of esters is 1. The Morgan fingerprint density at radius 3 is 2.72 bits per heavy atom. The van der Waals surface area contributed by atoms with Gasteiger partial charge in [0.25, 0.3) is 0 Å². The minimum absolute atomic E-state index is 0.00136. The van der Waals surface area contributed by atoms with Crippen molar-refractivity contribution in [3.05, 3.63) is 71.9 Å². The smallest absolute Gasteiger partial charge is 0.341 e. The van der Waals surface area contributed by atoms with Crippen molar-refractivity contribution in [3.63, 3.8) is 0 Å². The summed E-state index contributed by atoms with van der Waals surface area (Å²) in [6.07, 6.45) is 3.08. The van der Waals surface area contributed by atoms with Crippen LogP contribution in [0, 0.1) is 12.7 Å². The number of carbonyl (C=O) groups excluding carboxylic acids is 1. The lowest BCUT2D eigenvalue weighted by Crippen LogP contribution is -2.13. The van der Waals surface area contributed by atoms with Gasteiger partial charge < -0.3 is 9.47 Å². The Morgan fingerprint density at radius 2 is 1.96 bits per heavy atom. The molecule has 2 aromatic heterocycles. The standard InChI is InChI=1S/C18H16FN3O3/c1-13-14(12-21-22(13)17-8-4-5-9-20-17)18(23)25-11-10-24-16-7-3-2-6-15(16)19/h2-9,12H,10-11H2,1H3. The third-order valence-electron chi connectivity index (χ3n) is 3.51. The number of carbonyl (C=O) groups is 1. The van der Waals surface area contributed by atoms with Crippen LogP contribution in [0.2, 0.25) is 0 Å². The lowest BCUT2D eigenvalue weighted by Gasteiger charge is -2.08. The first-order chi connectivity index (χ1) is 12.2. The third-order valence-corrected chi connectivity index (χ3v) is 3.51. The van der Waals surface area contributed by atoms with Gasteiger partial charge in [0.1, 0.15) is 18.8 Å². The molecule has 0 fully saturated rings. The van der Waals surface area contributed by atoms with E-state index in [9.17, 15) is 9.18 Å². The quantitative estimate of drug-likeness (QED) is 0.509. The summed E-state index contributed by atoms with van der Waals surface area (Å²) in [6.45, 7) is 1.82. The van der Waals surface area contributed by atoms with E-state index in [-0.39, 0.29) is 19.0 Å². The first-order valence-electron chi connectivity index (χ1n) is 7.67. The second-order valence-corrected chi connectivity index (χ2v) is 5.16. The highest BCUT2D eigenvalue weighted by Crippen LogP contribution is 2.16. The van der Waals surface area contributed by atoms with Gasteiger partial charge in [0.15, 0.2) is 17.4 Å². The molecule has 25 heavy (non-hydrogen) atoms. The number of halogens is 1. The van der Waals surface area contributed by atoms with Gasteiger partial charge in [-0.15, -0.1) is 0 Å². The normalized spacial score (nSPS) is 10.5. The Morgan fingerprint density at radius 1 is 1.16 bits per heavy atom. The molecule has 0 bridgehead atoms. The summed E-state index contributed by atoms with van der Waals surface area (Å²) in [7, 11) is 0. The number of hydrogen-bond acceptors (Lipinski definition) is 5. The fourth-order valence-electron chi connectivity index (χ4n) is 2.25. The van der Waals surface area contributed by atoms with E-state index in [1.807, 2.05) is 6.07 Å². The van der Waals surface area contributed by atoms with E-state index in [1.165, 1.54) is 18.3 Å². The lowest BCUT2D eigenvalue weighted by atomic mass is 10.2. The fourth-order valence-corrected chi connectivity index (χ4v) is 2.25. The summed E-state index contributed by atoms with van der Waals surface area (Å²) in [5, 5.41) is 4.17. The third kappa shape index (κ3) is 3.82. The van der Waals surface area contributed by atoms with Crippen LogP contribution in [0.25, 0.3) is 5.82 Å². The van der Waals surface area contributed by atoms with Crippen molar-refractivity contribution in [2.75, 3.05) is 13.2 Å². The van der Waals surface area contributed by atoms with Gasteiger partial charge in [-0.2, -0.15) is 5.10 Å². The van der Waals surface area contributed by atoms with E-state index in [2.05, 4.69) is 10.1 Å². The van der Waals surface area contributed by atoms with Crippen LogP contribution in [0.4, 0.5) is 4.39 Å². The molecular weight excluding hydrogens is 325 g/mol. The van der Waals surface area contributed by atoms with Crippen LogP contribution in [-0.4, -0.2) is 33.9 Å². The predicted molar refractivity (Wildman–Crippen MR) is 88.3 cm³/mol. The molecule has 7 heteroatoms. The van der Waals surface area contributed by atoms with Crippen LogP contribution >= 0.6 is 0 Å². The van der Waals surface area contributed by atoms with Gasteiger partial charge in [0.2, 0.25) is 0 Å². The highest BCUT2D eigenvalue weighted by Gasteiger charge is 2.17. The summed E-state index contributed by atoms with van der Waals surface area (Å²) < 4.78 is 25.4. The number of aromatic nitrogens is 3. The van der Waals surface area contributed by atoms with Gasteiger partial charge >= 0.3 is 5.97 Å². The molecule has 0 radical (unpaired) electrons. The van der Waals surface area contributed by atoms with Crippen LogP contribution in [0.1, 0.15) is 16.1 Å². The Bertz CT molecular complexity index is 865. The maximum Gasteiger partial charge on any atom is 0.341 e. The minimum atomic E-state index is -0.517. The maximum absolute atomic E-state index is 13.4. The molecule has 2 heterocycles. The molecule has 0 aliphatic carbocycles. The van der Waals surface area contributed by atoms with Crippen molar-refractivity contribution in [2.45, 2.75) is 6.92 Å². The molecule has 0 N–H and O–H groups in total. The zero-order valence-electron chi connectivity index (χ0n) is 13.6. The molecule has 0 saturated carbocycles. The molecule has 0 saturated heterocycles. The zero-order valence-corrected chi connectivity index (χ0v) is 13.6. The van der Waals surface area contributed by atoms with Gasteiger partial charge in [-0.05, 0) is 31.2 Å². The van der Waals surface area contributed by atoms with E-state index < -0.39 is 11.8 Å². The molecule has 0 unspecified atom stereocenters. The van der Waals surface area contributed by atoms with Crippen LogP contribution < -0.4 is 4.74 Å². The summed E-state index contributed by atoms with van der Waals surface area (Å²) >= 11 is 0. The van der Waals surface area contributed by atoms with E-state index in [1.54, 1.807) is 42.1 Å². The van der Waals surface area contributed by atoms with E-state index >= 15 is 0 Å².